The van der Waals surface area contributed by atoms with Gasteiger partial charge in [0.15, 0.2) is 0 Å². The topological polar surface area (TPSA) is 117 Å². The highest BCUT2D eigenvalue weighted by molar-refractivity contribution is 7.47. The van der Waals surface area contributed by atoms with Gasteiger partial charge in [-0.2, -0.15) is 0 Å². The highest BCUT2D eigenvalue weighted by Crippen LogP contribution is 2.43. The Kier molecular flexibility index (Phi) is 37.0. The van der Waals surface area contributed by atoms with Crippen LogP contribution in [0.3, 0.4) is 0 Å². The third-order valence-corrected chi connectivity index (χ3v) is 8.93. The average Bonchev–Trinajstić information content (AvgIpc) is 3.10. The summed E-state index contributed by atoms with van der Waals surface area (Å²) in [6, 6.07) is 0. The quantitative estimate of drug-likeness (QED) is 0.0281. The van der Waals surface area contributed by atoms with E-state index in [4.69, 9.17) is 24.3 Å². The number of hydrogen-bond donors (Lipinski definition) is 2. The van der Waals surface area contributed by atoms with Crippen molar-refractivity contribution < 1.29 is 32.8 Å². The first-order chi connectivity index (χ1) is 24.4. The SMILES string of the molecule is CC/C=C\C/C=C\C/C=C\C/C=C\C/C=C\CCCCCCCCCCCC(=O)OC(COCCCCCCCC)COP(=O)(O)OCCN. The molecule has 0 aromatic rings. The third kappa shape index (κ3) is 37.5. The van der Waals surface area contributed by atoms with Crippen LogP contribution in [-0.2, 0) is 27.9 Å². The molecule has 0 rings (SSSR count). The van der Waals surface area contributed by atoms with Crippen molar-refractivity contribution in [2.24, 2.45) is 5.73 Å². The lowest BCUT2D eigenvalue weighted by molar-refractivity contribution is -0.154. The fourth-order valence-electron chi connectivity index (χ4n) is 5.08. The van der Waals surface area contributed by atoms with Gasteiger partial charge < -0.3 is 20.1 Å². The Morgan fingerprint density at radius 1 is 0.620 bits per heavy atom. The molecular formula is C41H74NO7P. The fraction of sp³-hybridized carbons (Fsp3) is 0.732. The van der Waals surface area contributed by atoms with Crippen molar-refractivity contribution in [1.82, 2.24) is 0 Å². The minimum Gasteiger partial charge on any atom is -0.457 e. The number of hydrogen-bond acceptors (Lipinski definition) is 7. The van der Waals surface area contributed by atoms with Crippen LogP contribution in [-0.4, -0.2) is 49.9 Å². The van der Waals surface area contributed by atoms with Crippen LogP contribution in [0.1, 0.15) is 155 Å². The normalized spacial score (nSPS) is 14.2. The molecule has 0 spiro atoms. The molecule has 0 bridgehead atoms. The molecule has 0 fully saturated rings. The molecule has 290 valence electrons. The zero-order valence-corrected chi connectivity index (χ0v) is 32.8. The monoisotopic (exact) mass is 724 g/mol. The number of carbonyl (C=O) groups is 1. The lowest BCUT2D eigenvalue weighted by atomic mass is 10.1. The van der Waals surface area contributed by atoms with E-state index in [1.807, 2.05) is 0 Å². The Morgan fingerprint density at radius 2 is 1.12 bits per heavy atom. The number of nitrogens with two attached hydrogens (primary N) is 1. The van der Waals surface area contributed by atoms with Crippen LogP contribution >= 0.6 is 7.82 Å². The molecule has 50 heavy (non-hydrogen) atoms. The van der Waals surface area contributed by atoms with Crippen molar-refractivity contribution in [3.05, 3.63) is 60.8 Å². The summed E-state index contributed by atoms with van der Waals surface area (Å²) < 4.78 is 33.1. The second-order valence-electron chi connectivity index (χ2n) is 12.8. The molecule has 0 heterocycles. The molecule has 2 atom stereocenters. The number of allylic oxidation sites excluding steroid dienone is 10. The maximum absolute atomic E-state index is 12.5. The molecule has 0 saturated heterocycles. The summed E-state index contributed by atoms with van der Waals surface area (Å²) in [5, 5.41) is 0. The van der Waals surface area contributed by atoms with Crippen molar-refractivity contribution in [2.75, 3.05) is 33.0 Å². The summed E-state index contributed by atoms with van der Waals surface area (Å²) in [5.74, 6) is -0.343. The molecule has 3 N–H and O–H groups in total. The van der Waals surface area contributed by atoms with Crippen LogP contribution in [0, 0.1) is 0 Å². The first-order valence-corrected chi connectivity index (χ1v) is 21.3. The van der Waals surface area contributed by atoms with Crippen molar-refractivity contribution in [3.63, 3.8) is 0 Å². The van der Waals surface area contributed by atoms with Crippen molar-refractivity contribution in [3.8, 4) is 0 Å². The number of unbranched alkanes of at least 4 members (excludes halogenated alkanes) is 14. The van der Waals surface area contributed by atoms with Gasteiger partial charge in [0.25, 0.3) is 0 Å². The van der Waals surface area contributed by atoms with Gasteiger partial charge in [0.2, 0.25) is 0 Å². The molecule has 0 radical (unpaired) electrons. The van der Waals surface area contributed by atoms with Gasteiger partial charge >= 0.3 is 13.8 Å². The molecule has 0 saturated carbocycles. The average molecular weight is 724 g/mol. The third-order valence-electron chi connectivity index (χ3n) is 7.95. The number of rotatable bonds is 37. The van der Waals surface area contributed by atoms with Crippen LogP contribution in [0.15, 0.2) is 60.8 Å². The van der Waals surface area contributed by atoms with E-state index in [1.165, 1.54) is 64.2 Å². The molecule has 0 aliphatic heterocycles. The van der Waals surface area contributed by atoms with Gasteiger partial charge in [-0.1, -0.05) is 152 Å². The molecule has 2 unspecified atom stereocenters. The van der Waals surface area contributed by atoms with E-state index in [1.54, 1.807) is 0 Å². The van der Waals surface area contributed by atoms with Crippen LogP contribution < -0.4 is 5.73 Å². The minimum absolute atomic E-state index is 0.0973. The van der Waals surface area contributed by atoms with Gasteiger partial charge in [0, 0.05) is 19.6 Å². The van der Waals surface area contributed by atoms with E-state index in [0.717, 1.165) is 70.6 Å². The number of esters is 1. The van der Waals surface area contributed by atoms with Gasteiger partial charge in [-0.15, -0.1) is 0 Å². The van der Waals surface area contributed by atoms with Crippen LogP contribution in [0.4, 0.5) is 0 Å². The minimum atomic E-state index is -4.26. The van der Waals surface area contributed by atoms with Gasteiger partial charge in [-0.25, -0.2) is 4.57 Å². The smallest absolute Gasteiger partial charge is 0.457 e. The molecule has 0 aliphatic carbocycles. The Bertz CT molecular complexity index is 947. The van der Waals surface area contributed by atoms with E-state index in [0.29, 0.717) is 13.0 Å². The largest absolute Gasteiger partial charge is 0.472 e. The highest BCUT2D eigenvalue weighted by atomic mass is 31.2. The molecule has 8 nitrogen and oxygen atoms in total. The fourth-order valence-corrected chi connectivity index (χ4v) is 5.85. The predicted octanol–water partition coefficient (Wildman–Crippen LogP) is 11.4. The standard InChI is InChI=1S/C41H74NO7P/c1-3-5-7-9-11-12-13-14-15-16-17-18-19-20-21-22-23-24-25-26-27-28-29-30-32-34-41(43)49-40(39-48-50(44,45)47-37-35-42)38-46-36-33-31-10-8-6-4-2/h5,7,11-12,14-15,17-18,20-21,40H,3-4,6,8-10,13,16,19,22-39,42H2,1-2H3,(H,44,45)/b7-5-,12-11-,15-14-,18-17-,21-20-. The second-order valence-corrected chi connectivity index (χ2v) is 14.2. The molecule has 0 aromatic heterocycles. The highest BCUT2D eigenvalue weighted by Gasteiger charge is 2.25. The summed E-state index contributed by atoms with van der Waals surface area (Å²) in [4.78, 5) is 22.3. The first kappa shape index (κ1) is 48.2. The number of phosphoric ester groups is 1. The van der Waals surface area contributed by atoms with Crippen LogP contribution in [0.5, 0.6) is 0 Å². The van der Waals surface area contributed by atoms with Gasteiger partial charge in [-0.3, -0.25) is 13.8 Å². The van der Waals surface area contributed by atoms with Crippen molar-refractivity contribution >= 4 is 13.8 Å². The van der Waals surface area contributed by atoms with Crippen LogP contribution in [0.25, 0.3) is 0 Å². The zero-order chi connectivity index (χ0) is 36.6. The van der Waals surface area contributed by atoms with Crippen molar-refractivity contribution in [1.29, 1.82) is 0 Å². The van der Waals surface area contributed by atoms with E-state index in [2.05, 4.69) is 74.6 Å². The van der Waals surface area contributed by atoms with Gasteiger partial charge in [0.1, 0.15) is 6.10 Å². The predicted molar refractivity (Wildman–Crippen MR) is 210 cm³/mol. The molecule has 0 aliphatic rings. The summed E-state index contributed by atoms with van der Waals surface area (Å²) >= 11 is 0. The molecule has 9 heteroatoms. The molecular weight excluding hydrogens is 649 g/mol. The Hall–Kier alpha value is -1.80. The van der Waals surface area contributed by atoms with Gasteiger partial charge in [-0.05, 0) is 57.8 Å². The van der Waals surface area contributed by atoms with Crippen molar-refractivity contribution in [2.45, 2.75) is 161 Å². The number of ether oxygens (including phenoxy) is 2. The zero-order valence-electron chi connectivity index (χ0n) is 31.9. The first-order valence-electron chi connectivity index (χ1n) is 19.8. The Morgan fingerprint density at radius 3 is 1.68 bits per heavy atom. The Balaban J connectivity index is 3.91. The van der Waals surface area contributed by atoms with E-state index in [-0.39, 0.29) is 32.3 Å². The van der Waals surface area contributed by atoms with E-state index < -0.39 is 13.9 Å². The number of carbonyl (C=O) groups excluding carboxylic acids is 1. The summed E-state index contributed by atoms with van der Waals surface area (Å²) in [6.45, 7) is 4.73. The molecule has 0 amide bonds. The summed E-state index contributed by atoms with van der Waals surface area (Å²) in [6.07, 6.45) is 45.4. The summed E-state index contributed by atoms with van der Waals surface area (Å²) in [5.41, 5.74) is 5.34. The maximum Gasteiger partial charge on any atom is 0.472 e. The lowest BCUT2D eigenvalue weighted by Crippen LogP contribution is -2.28. The van der Waals surface area contributed by atoms with E-state index in [9.17, 15) is 14.3 Å². The van der Waals surface area contributed by atoms with E-state index >= 15 is 0 Å². The maximum atomic E-state index is 12.5. The second kappa shape index (κ2) is 38.4. The lowest BCUT2D eigenvalue weighted by Gasteiger charge is -2.20. The number of phosphoric acid groups is 1. The van der Waals surface area contributed by atoms with Crippen LogP contribution in [0.2, 0.25) is 0 Å². The van der Waals surface area contributed by atoms with Gasteiger partial charge in [0.05, 0.1) is 19.8 Å². The summed E-state index contributed by atoms with van der Waals surface area (Å²) in [7, 11) is -4.26. The molecule has 0 aromatic carbocycles. The Labute approximate surface area is 306 Å².